The molecule has 11 heteroatoms. The van der Waals surface area contributed by atoms with Crippen LogP contribution >= 0.6 is 11.6 Å². The van der Waals surface area contributed by atoms with Crippen LogP contribution in [0.4, 0.5) is 33.3 Å². The Balaban J connectivity index is 1.61. The summed E-state index contributed by atoms with van der Waals surface area (Å²) in [6, 6.07) is 3.93. The number of benzene rings is 2. The maximum atomic E-state index is 15.3. The van der Waals surface area contributed by atoms with Crippen molar-refractivity contribution in [3.8, 4) is 5.75 Å². The second kappa shape index (κ2) is 8.48. The number of anilines is 2. The van der Waals surface area contributed by atoms with Crippen LogP contribution in [0.2, 0.25) is 5.02 Å². The van der Waals surface area contributed by atoms with Crippen LogP contribution in [0.5, 0.6) is 5.75 Å². The Morgan fingerprint density at radius 1 is 1.18 bits per heavy atom. The molecule has 1 aliphatic carbocycles. The van der Waals surface area contributed by atoms with Gasteiger partial charge >= 0.3 is 0 Å². The number of halogens is 6. The van der Waals surface area contributed by atoms with E-state index in [0.29, 0.717) is 6.07 Å². The van der Waals surface area contributed by atoms with E-state index in [1.165, 1.54) is 13.0 Å². The smallest absolute Gasteiger partial charge is 0.268 e. The van der Waals surface area contributed by atoms with E-state index < -0.39 is 65.7 Å². The lowest BCUT2D eigenvalue weighted by molar-refractivity contribution is -0.130. The molecule has 2 amide bonds. The highest BCUT2D eigenvalue weighted by molar-refractivity contribution is 6.34. The lowest BCUT2D eigenvalue weighted by Crippen LogP contribution is -2.44. The summed E-state index contributed by atoms with van der Waals surface area (Å²) in [6.07, 6.45) is -2.19. The summed E-state index contributed by atoms with van der Waals surface area (Å²) in [5, 5.41) is 2.02. The van der Waals surface area contributed by atoms with Gasteiger partial charge in [-0.2, -0.15) is 0 Å². The Morgan fingerprint density at radius 2 is 1.82 bits per heavy atom. The molecule has 0 aromatic heterocycles. The molecule has 0 radical (unpaired) electrons. The minimum absolute atomic E-state index is 0.0816. The largest absolute Gasteiger partial charge is 0.476 e. The fourth-order valence-corrected chi connectivity index (χ4v) is 4.24. The third-order valence-corrected chi connectivity index (χ3v) is 5.83. The summed E-state index contributed by atoms with van der Waals surface area (Å²) in [7, 11) is 0. The lowest BCUT2D eigenvalue weighted by atomic mass is 9.79. The summed E-state index contributed by atoms with van der Waals surface area (Å²) in [5.41, 5.74) is -0.376. The molecule has 2 aliphatic rings. The molecule has 1 aliphatic heterocycles. The fourth-order valence-electron chi connectivity index (χ4n) is 4.01. The molecular weight excluding hydrogens is 471 g/mol. The third kappa shape index (κ3) is 4.75. The predicted octanol–water partition coefficient (Wildman–Crippen LogP) is 5.45. The monoisotopic (exact) mass is 488 g/mol. The Labute approximate surface area is 190 Å². The van der Waals surface area contributed by atoms with Gasteiger partial charge in [0.05, 0.1) is 22.9 Å². The van der Waals surface area contributed by atoms with Gasteiger partial charge in [0.1, 0.15) is 11.6 Å². The average molecular weight is 489 g/mol. The van der Waals surface area contributed by atoms with E-state index in [2.05, 4.69) is 5.32 Å². The van der Waals surface area contributed by atoms with E-state index in [1.807, 2.05) is 0 Å². The molecule has 33 heavy (non-hydrogen) atoms. The minimum Gasteiger partial charge on any atom is -0.476 e. The van der Waals surface area contributed by atoms with Crippen LogP contribution < -0.4 is 15.0 Å². The minimum atomic E-state index is -2.79. The van der Waals surface area contributed by atoms with Crippen LogP contribution in [-0.4, -0.2) is 23.8 Å². The van der Waals surface area contributed by atoms with Gasteiger partial charge in [-0.25, -0.2) is 22.0 Å². The zero-order valence-corrected chi connectivity index (χ0v) is 18.0. The second-order valence-corrected chi connectivity index (χ2v) is 8.65. The summed E-state index contributed by atoms with van der Waals surface area (Å²) >= 11 is 6.15. The van der Waals surface area contributed by atoms with Crippen molar-refractivity contribution in [2.24, 2.45) is 5.92 Å². The number of hydrogen-bond acceptors (Lipinski definition) is 3. The molecular formula is C22H18ClF5N2O3. The number of ether oxygens (including phenoxy) is 1. The van der Waals surface area contributed by atoms with E-state index >= 15 is 4.39 Å². The van der Waals surface area contributed by atoms with Gasteiger partial charge in [0, 0.05) is 25.3 Å². The third-order valence-electron chi connectivity index (χ3n) is 5.53. The highest BCUT2D eigenvalue weighted by Crippen LogP contribution is 2.46. The van der Waals surface area contributed by atoms with Crippen molar-refractivity contribution < 1.29 is 36.3 Å². The summed E-state index contributed by atoms with van der Waals surface area (Å²) in [6.45, 7) is 1.08. The van der Waals surface area contributed by atoms with E-state index in [1.54, 1.807) is 0 Å². The number of fused-ring (bicyclic) bond motifs is 1. The van der Waals surface area contributed by atoms with Gasteiger partial charge in [-0.15, -0.1) is 0 Å². The van der Waals surface area contributed by atoms with E-state index in [0.717, 1.165) is 17.0 Å². The van der Waals surface area contributed by atoms with Crippen molar-refractivity contribution in [3.05, 3.63) is 52.3 Å². The SMILES string of the molecule is CC1Oc2c(cc(Cl)c(NC(=O)CC3CC(F)(F)C3)c2F)N(Cc2cc(F)cc(F)c2)C1=O. The maximum Gasteiger partial charge on any atom is 0.268 e. The predicted molar refractivity (Wildman–Crippen MR) is 110 cm³/mol. The zero-order valence-electron chi connectivity index (χ0n) is 17.2. The van der Waals surface area contributed by atoms with Crippen LogP contribution in [0.25, 0.3) is 0 Å². The molecule has 2 aromatic carbocycles. The number of carbonyl (C=O) groups excluding carboxylic acids is 2. The average Bonchev–Trinajstić information content (AvgIpc) is 2.67. The summed E-state index contributed by atoms with van der Waals surface area (Å²) < 4.78 is 73.8. The molecule has 1 unspecified atom stereocenters. The van der Waals surface area contributed by atoms with Crippen molar-refractivity contribution in [2.45, 2.75) is 44.8 Å². The summed E-state index contributed by atoms with van der Waals surface area (Å²) in [5.74, 6) is -7.71. The Bertz CT molecular complexity index is 1120. The number of carbonyl (C=O) groups is 2. The Morgan fingerprint density at radius 3 is 2.42 bits per heavy atom. The molecule has 1 atom stereocenters. The number of nitrogens with zero attached hydrogens (tertiary/aromatic N) is 1. The second-order valence-electron chi connectivity index (χ2n) is 8.24. The first-order valence-electron chi connectivity index (χ1n) is 10.1. The molecule has 1 N–H and O–H groups in total. The molecule has 1 saturated carbocycles. The van der Waals surface area contributed by atoms with Gasteiger partial charge in [-0.1, -0.05) is 11.6 Å². The Hall–Kier alpha value is -2.88. The first-order chi connectivity index (χ1) is 15.4. The summed E-state index contributed by atoms with van der Waals surface area (Å²) in [4.78, 5) is 26.0. The van der Waals surface area contributed by atoms with E-state index in [9.17, 15) is 27.2 Å². The standard InChI is InChI=1S/C22H18ClF5N2O3/c1-10-21(32)30(9-11-2-13(24)5-14(25)3-11)16-6-15(23)19(18(26)20(16)33-10)29-17(31)4-12-7-22(27,28)8-12/h2-3,5-6,10,12H,4,7-9H2,1H3,(H,29,31). The van der Waals surface area contributed by atoms with Gasteiger partial charge in [0.2, 0.25) is 11.8 Å². The molecule has 1 heterocycles. The topological polar surface area (TPSA) is 58.6 Å². The highest BCUT2D eigenvalue weighted by Gasteiger charge is 2.46. The van der Waals surface area contributed by atoms with Crippen LogP contribution in [-0.2, 0) is 16.1 Å². The quantitative estimate of drug-likeness (QED) is 0.570. The molecule has 0 saturated heterocycles. The van der Waals surface area contributed by atoms with E-state index in [4.69, 9.17) is 16.3 Å². The molecule has 4 rings (SSSR count). The van der Waals surface area contributed by atoms with Gasteiger partial charge in [-0.3, -0.25) is 9.59 Å². The van der Waals surface area contributed by atoms with Crippen molar-refractivity contribution in [1.82, 2.24) is 0 Å². The number of amides is 2. The van der Waals surface area contributed by atoms with Gasteiger partial charge in [0.15, 0.2) is 17.7 Å². The van der Waals surface area contributed by atoms with Gasteiger partial charge in [0.25, 0.3) is 5.91 Å². The maximum absolute atomic E-state index is 15.3. The number of alkyl halides is 2. The van der Waals surface area contributed by atoms with Gasteiger partial charge in [-0.05, 0) is 36.6 Å². The molecule has 0 bridgehead atoms. The van der Waals surface area contributed by atoms with Crippen molar-refractivity contribution in [3.63, 3.8) is 0 Å². The first-order valence-corrected chi connectivity index (χ1v) is 10.4. The van der Waals surface area contributed by atoms with Crippen molar-refractivity contribution in [2.75, 3.05) is 10.2 Å². The van der Waals surface area contributed by atoms with Crippen molar-refractivity contribution >= 4 is 34.8 Å². The first kappa shape index (κ1) is 23.3. The van der Waals surface area contributed by atoms with Crippen LogP contribution in [0.3, 0.4) is 0 Å². The lowest BCUT2D eigenvalue weighted by Gasteiger charge is -2.35. The number of nitrogens with one attached hydrogen (secondary N) is 1. The molecule has 5 nitrogen and oxygen atoms in total. The molecule has 2 aromatic rings. The fraction of sp³-hybridized carbons (Fsp3) is 0.364. The molecule has 176 valence electrons. The molecule has 0 spiro atoms. The normalized spacial score (nSPS) is 19.5. The van der Waals surface area contributed by atoms with Crippen LogP contribution in [0.15, 0.2) is 24.3 Å². The van der Waals surface area contributed by atoms with Crippen molar-refractivity contribution in [1.29, 1.82) is 0 Å². The number of hydrogen-bond donors (Lipinski definition) is 1. The molecule has 1 fully saturated rings. The van der Waals surface area contributed by atoms with Crippen LogP contribution in [0, 0.1) is 23.4 Å². The highest BCUT2D eigenvalue weighted by atomic mass is 35.5. The van der Waals surface area contributed by atoms with E-state index in [-0.39, 0.29) is 35.0 Å². The zero-order chi connectivity index (χ0) is 24.1. The Kier molecular flexibility index (Phi) is 5.98. The number of rotatable bonds is 5. The van der Waals surface area contributed by atoms with Crippen LogP contribution in [0.1, 0.15) is 31.7 Å². The van der Waals surface area contributed by atoms with Gasteiger partial charge < -0.3 is 15.0 Å².